The van der Waals surface area contributed by atoms with Crippen LogP contribution in [-0.2, 0) is 4.79 Å². The highest BCUT2D eigenvalue weighted by atomic mass is 16.5. The van der Waals surface area contributed by atoms with Crippen LogP contribution in [0.15, 0.2) is 10.7 Å². The van der Waals surface area contributed by atoms with Gasteiger partial charge in [-0.25, -0.2) is 0 Å². The van der Waals surface area contributed by atoms with Gasteiger partial charge >= 0.3 is 5.97 Å². The van der Waals surface area contributed by atoms with Gasteiger partial charge in [0.25, 0.3) is 5.91 Å². The van der Waals surface area contributed by atoms with Crippen molar-refractivity contribution in [2.75, 3.05) is 6.54 Å². The molecule has 0 aromatic carbocycles. The van der Waals surface area contributed by atoms with E-state index in [1.165, 1.54) is 6.20 Å². The summed E-state index contributed by atoms with van der Waals surface area (Å²) < 4.78 is 4.86. The predicted molar refractivity (Wildman–Crippen MR) is 78.0 cm³/mol. The lowest BCUT2D eigenvalue weighted by Gasteiger charge is -2.30. The highest BCUT2D eigenvalue weighted by Gasteiger charge is 2.25. The van der Waals surface area contributed by atoms with E-state index in [9.17, 15) is 9.59 Å². The SMILES string of the molecule is Cc1oncc1C(=O)NCCC(CCC(=O)O)C(C)(C)C. The van der Waals surface area contributed by atoms with Gasteiger partial charge in [0.05, 0.1) is 6.20 Å². The van der Waals surface area contributed by atoms with Crippen molar-refractivity contribution in [1.29, 1.82) is 0 Å². The summed E-state index contributed by atoms with van der Waals surface area (Å²) in [6.45, 7) is 8.46. The van der Waals surface area contributed by atoms with Gasteiger partial charge in [0, 0.05) is 13.0 Å². The molecular weight excluding hydrogens is 272 g/mol. The van der Waals surface area contributed by atoms with E-state index < -0.39 is 5.97 Å². The van der Waals surface area contributed by atoms with Crippen LogP contribution in [-0.4, -0.2) is 28.7 Å². The second kappa shape index (κ2) is 7.24. The number of carboxylic acids is 1. The molecule has 0 spiro atoms. The summed E-state index contributed by atoms with van der Waals surface area (Å²) in [6.07, 6.45) is 2.91. The van der Waals surface area contributed by atoms with Crippen LogP contribution in [0.25, 0.3) is 0 Å². The number of rotatable bonds is 7. The molecule has 6 heteroatoms. The number of nitrogens with zero attached hydrogens (tertiary/aromatic N) is 1. The van der Waals surface area contributed by atoms with E-state index in [1.54, 1.807) is 6.92 Å². The third kappa shape index (κ3) is 5.57. The van der Waals surface area contributed by atoms with Crippen LogP contribution >= 0.6 is 0 Å². The first kappa shape index (κ1) is 17.2. The highest BCUT2D eigenvalue weighted by Crippen LogP contribution is 2.32. The van der Waals surface area contributed by atoms with Crippen molar-refractivity contribution in [2.24, 2.45) is 11.3 Å². The fourth-order valence-corrected chi connectivity index (χ4v) is 2.28. The molecule has 1 atom stereocenters. The highest BCUT2D eigenvalue weighted by molar-refractivity contribution is 5.94. The van der Waals surface area contributed by atoms with Crippen molar-refractivity contribution in [2.45, 2.75) is 47.0 Å². The van der Waals surface area contributed by atoms with Gasteiger partial charge in [0.2, 0.25) is 0 Å². The summed E-state index contributed by atoms with van der Waals surface area (Å²) in [7, 11) is 0. The number of aliphatic carboxylic acids is 1. The van der Waals surface area contributed by atoms with Crippen LogP contribution < -0.4 is 5.32 Å². The molecule has 1 aromatic heterocycles. The summed E-state index contributed by atoms with van der Waals surface area (Å²) in [4.78, 5) is 22.6. The zero-order valence-corrected chi connectivity index (χ0v) is 13.1. The lowest BCUT2D eigenvalue weighted by atomic mass is 9.76. The topological polar surface area (TPSA) is 92.4 Å². The summed E-state index contributed by atoms with van der Waals surface area (Å²) in [5.41, 5.74) is 0.445. The zero-order chi connectivity index (χ0) is 16.0. The number of carbonyl (C=O) groups is 2. The molecule has 0 saturated carbocycles. The van der Waals surface area contributed by atoms with Crippen molar-refractivity contribution < 1.29 is 19.2 Å². The van der Waals surface area contributed by atoms with Gasteiger partial charge in [-0.05, 0) is 31.1 Å². The average molecular weight is 296 g/mol. The molecule has 0 aliphatic rings. The van der Waals surface area contributed by atoms with Crippen LogP contribution in [0.2, 0.25) is 0 Å². The molecule has 118 valence electrons. The summed E-state index contributed by atoms with van der Waals surface area (Å²) >= 11 is 0. The third-order valence-electron chi connectivity index (χ3n) is 3.71. The Bertz CT molecular complexity index is 488. The second-order valence-electron chi connectivity index (χ2n) is 6.34. The molecule has 1 amide bonds. The Morgan fingerprint density at radius 1 is 1.38 bits per heavy atom. The maximum Gasteiger partial charge on any atom is 0.303 e. The summed E-state index contributed by atoms with van der Waals surface area (Å²) in [6, 6.07) is 0. The van der Waals surface area contributed by atoms with Crippen LogP contribution in [0.3, 0.4) is 0 Å². The molecule has 0 bridgehead atoms. The van der Waals surface area contributed by atoms with Crippen molar-refractivity contribution in [1.82, 2.24) is 10.5 Å². The van der Waals surface area contributed by atoms with Gasteiger partial charge in [-0.15, -0.1) is 0 Å². The lowest BCUT2D eigenvalue weighted by molar-refractivity contribution is -0.137. The number of hydrogen-bond acceptors (Lipinski definition) is 4. The minimum Gasteiger partial charge on any atom is -0.481 e. The van der Waals surface area contributed by atoms with Crippen LogP contribution in [0.1, 0.15) is 56.2 Å². The Morgan fingerprint density at radius 3 is 2.52 bits per heavy atom. The van der Waals surface area contributed by atoms with E-state index in [4.69, 9.17) is 9.63 Å². The number of aromatic nitrogens is 1. The van der Waals surface area contributed by atoms with E-state index in [0.717, 1.165) is 6.42 Å². The zero-order valence-electron chi connectivity index (χ0n) is 13.1. The first-order chi connectivity index (χ1) is 9.71. The van der Waals surface area contributed by atoms with E-state index in [-0.39, 0.29) is 23.7 Å². The predicted octanol–water partition coefficient (Wildman–Crippen LogP) is 2.63. The fourth-order valence-electron chi connectivity index (χ4n) is 2.28. The number of amides is 1. The maximum absolute atomic E-state index is 11.9. The Balaban J connectivity index is 2.48. The van der Waals surface area contributed by atoms with Crippen LogP contribution in [0, 0.1) is 18.3 Å². The van der Waals surface area contributed by atoms with E-state index in [2.05, 4.69) is 31.2 Å². The largest absolute Gasteiger partial charge is 0.481 e. The molecule has 1 unspecified atom stereocenters. The van der Waals surface area contributed by atoms with Crippen molar-refractivity contribution >= 4 is 11.9 Å². The molecule has 0 fully saturated rings. The normalized spacial score (nSPS) is 13.0. The van der Waals surface area contributed by atoms with Crippen molar-refractivity contribution in [3.8, 4) is 0 Å². The number of aryl methyl sites for hydroxylation is 1. The second-order valence-corrected chi connectivity index (χ2v) is 6.34. The van der Waals surface area contributed by atoms with E-state index in [1.807, 2.05) is 0 Å². The molecule has 0 radical (unpaired) electrons. The molecular formula is C15H24N2O4. The molecule has 21 heavy (non-hydrogen) atoms. The molecule has 0 aliphatic carbocycles. The smallest absolute Gasteiger partial charge is 0.303 e. The van der Waals surface area contributed by atoms with Crippen LogP contribution in [0.4, 0.5) is 0 Å². The molecule has 1 rings (SSSR count). The minimum atomic E-state index is -0.784. The van der Waals surface area contributed by atoms with Gasteiger partial charge in [-0.2, -0.15) is 0 Å². The molecule has 2 N–H and O–H groups in total. The number of carbonyl (C=O) groups excluding carboxylic acids is 1. The Labute approximate surface area is 124 Å². The quantitative estimate of drug-likeness (QED) is 0.807. The molecule has 0 aliphatic heterocycles. The summed E-state index contributed by atoms with van der Waals surface area (Å²) in [5.74, 6) is -0.267. The van der Waals surface area contributed by atoms with E-state index in [0.29, 0.717) is 24.3 Å². The van der Waals surface area contributed by atoms with Gasteiger partial charge in [0.15, 0.2) is 0 Å². The van der Waals surface area contributed by atoms with Crippen LogP contribution in [0.5, 0.6) is 0 Å². The Kier molecular flexibility index (Phi) is 5.93. The van der Waals surface area contributed by atoms with Crippen molar-refractivity contribution in [3.05, 3.63) is 17.5 Å². The molecule has 6 nitrogen and oxygen atoms in total. The van der Waals surface area contributed by atoms with Gasteiger partial charge in [0.1, 0.15) is 11.3 Å². The first-order valence-corrected chi connectivity index (χ1v) is 7.13. The molecule has 0 saturated heterocycles. The molecule has 1 heterocycles. The fraction of sp³-hybridized carbons (Fsp3) is 0.667. The van der Waals surface area contributed by atoms with Crippen molar-refractivity contribution in [3.63, 3.8) is 0 Å². The van der Waals surface area contributed by atoms with Gasteiger partial charge in [-0.1, -0.05) is 25.9 Å². The number of nitrogens with one attached hydrogen (secondary N) is 1. The molecule has 1 aromatic rings. The van der Waals surface area contributed by atoms with Gasteiger partial charge in [-0.3, -0.25) is 9.59 Å². The Morgan fingerprint density at radius 2 is 2.05 bits per heavy atom. The minimum absolute atomic E-state index is 0.00723. The number of carboxylic acid groups (broad SMARTS) is 1. The maximum atomic E-state index is 11.9. The van der Waals surface area contributed by atoms with E-state index >= 15 is 0 Å². The van der Waals surface area contributed by atoms with Gasteiger partial charge < -0.3 is 14.9 Å². The monoisotopic (exact) mass is 296 g/mol. The first-order valence-electron chi connectivity index (χ1n) is 7.13. The standard InChI is InChI=1S/C15H24N2O4/c1-10-12(9-17-21-10)14(20)16-8-7-11(15(2,3)4)5-6-13(18)19/h9,11H,5-8H2,1-4H3,(H,16,20)(H,18,19). The third-order valence-corrected chi connectivity index (χ3v) is 3.71. The average Bonchev–Trinajstić information content (AvgIpc) is 2.77. The number of hydrogen-bond donors (Lipinski definition) is 2. The summed E-state index contributed by atoms with van der Waals surface area (Å²) in [5, 5.41) is 15.2. The lowest BCUT2D eigenvalue weighted by Crippen LogP contribution is -2.30. The Hall–Kier alpha value is -1.85.